The van der Waals surface area contributed by atoms with Crippen LogP contribution in [0.5, 0.6) is 0 Å². The van der Waals surface area contributed by atoms with E-state index in [2.05, 4.69) is 0 Å². The lowest BCUT2D eigenvalue weighted by atomic mass is 10.1. The summed E-state index contributed by atoms with van der Waals surface area (Å²) in [7, 11) is 1.61. The fourth-order valence-corrected chi connectivity index (χ4v) is 4.25. The van der Waals surface area contributed by atoms with E-state index in [9.17, 15) is 14.4 Å². The monoisotopic (exact) mass is 415 g/mol. The Bertz CT molecular complexity index is 1130. The molecule has 8 heteroatoms. The Hall–Kier alpha value is -3.94. The van der Waals surface area contributed by atoms with Crippen LogP contribution in [-0.2, 0) is 4.79 Å². The molecule has 0 aliphatic carbocycles. The third-order valence-corrected chi connectivity index (χ3v) is 5.80. The third kappa shape index (κ3) is 2.91. The average molecular weight is 415 g/mol. The molecule has 3 amide bonds. The van der Waals surface area contributed by atoms with Gasteiger partial charge in [-0.15, -0.1) is 0 Å². The molecule has 8 nitrogen and oxygen atoms in total. The number of likely N-dealkylation sites (N-methyl/N-ethyl adjacent to an activating group) is 1. The predicted octanol–water partition coefficient (Wildman–Crippen LogP) is 2.51. The van der Waals surface area contributed by atoms with Gasteiger partial charge >= 0.3 is 6.03 Å². The highest BCUT2D eigenvalue weighted by Gasteiger charge is 2.54. The van der Waals surface area contributed by atoms with Crippen molar-refractivity contribution in [1.82, 2.24) is 14.7 Å². The lowest BCUT2D eigenvalue weighted by Crippen LogP contribution is -2.65. The number of allylic oxidation sites excluding steroid dienone is 1. The first-order chi connectivity index (χ1) is 15.0. The van der Waals surface area contributed by atoms with Gasteiger partial charge < -0.3 is 9.80 Å². The van der Waals surface area contributed by atoms with Gasteiger partial charge in [0.15, 0.2) is 18.0 Å². The average Bonchev–Trinajstić information content (AvgIpc) is 3.30. The van der Waals surface area contributed by atoms with Crippen molar-refractivity contribution in [2.45, 2.75) is 19.1 Å². The van der Waals surface area contributed by atoms with Crippen LogP contribution in [0.2, 0.25) is 0 Å². The van der Waals surface area contributed by atoms with Crippen LogP contribution in [0.3, 0.4) is 0 Å². The molecule has 0 spiro atoms. The molecular weight excluding hydrogens is 394 g/mol. The summed E-state index contributed by atoms with van der Waals surface area (Å²) in [5, 5.41) is 0. The van der Waals surface area contributed by atoms with Crippen molar-refractivity contribution >= 4 is 29.4 Å². The summed E-state index contributed by atoms with van der Waals surface area (Å²) in [4.78, 5) is 50.0. The summed E-state index contributed by atoms with van der Waals surface area (Å²) < 4.78 is 0. The number of hydrogen-bond acceptors (Lipinski definition) is 6. The SMILES string of the molecule is CC1=CN2C(=NC3C2C(=O)N(CC(=O)c2ccccc2)C(=O)N3C)N1c1ccccc1. The first kappa shape index (κ1) is 19.0. The zero-order chi connectivity index (χ0) is 21.7. The number of carbonyl (C=O) groups excluding carboxylic acids is 3. The largest absolute Gasteiger partial charge is 0.328 e. The van der Waals surface area contributed by atoms with Crippen LogP contribution in [0.4, 0.5) is 10.5 Å². The fraction of sp³-hybridized carbons (Fsp3) is 0.217. The summed E-state index contributed by atoms with van der Waals surface area (Å²) >= 11 is 0. The van der Waals surface area contributed by atoms with Gasteiger partial charge in [0.25, 0.3) is 5.91 Å². The molecule has 1 fully saturated rings. The summed E-state index contributed by atoms with van der Waals surface area (Å²) in [6.45, 7) is 1.64. The van der Waals surface area contributed by atoms with E-state index in [4.69, 9.17) is 4.99 Å². The summed E-state index contributed by atoms with van der Waals surface area (Å²) in [6, 6.07) is 17.2. The van der Waals surface area contributed by atoms with Gasteiger partial charge in [0.1, 0.15) is 0 Å². The maximum Gasteiger partial charge on any atom is 0.328 e. The first-order valence-corrected chi connectivity index (χ1v) is 10.0. The van der Waals surface area contributed by atoms with E-state index in [0.29, 0.717) is 11.5 Å². The van der Waals surface area contributed by atoms with E-state index in [1.54, 1.807) is 36.2 Å². The Morgan fingerprint density at radius 2 is 1.65 bits per heavy atom. The Kier molecular flexibility index (Phi) is 4.35. The number of hydrogen-bond donors (Lipinski definition) is 0. The van der Waals surface area contributed by atoms with Crippen LogP contribution in [0.1, 0.15) is 17.3 Å². The minimum Gasteiger partial charge on any atom is -0.302 e. The van der Waals surface area contributed by atoms with Gasteiger partial charge in [0.2, 0.25) is 5.96 Å². The number of urea groups is 1. The number of para-hydroxylation sites is 1. The Balaban J connectivity index is 1.45. The van der Waals surface area contributed by atoms with Crippen LogP contribution in [0, 0.1) is 0 Å². The second-order valence-electron chi connectivity index (χ2n) is 7.74. The quantitative estimate of drug-likeness (QED) is 0.718. The molecule has 2 atom stereocenters. The molecule has 2 unspecified atom stereocenters. The van der Waals surface area contributed by atoms with Crippen molar-refractivity contribution in [3.63, 3.8) is 0 Å². The van der Waals surface area contributed by atoms with E-state index in [1.165, 1.54) is 4.90 Å². The molecule has 2 aromatic carbocycles. The summed E-state index contributed by atoms with van der Waals surface area (Å²) in [5.41, 5.74) is 2.31. The number of fused-ring (bicyclic) bond motifs is 3. The minimum atomic E-state index is -0.704. The number of ketones is 1. The molecular formula is C23H21N5O3. The maximum atomic E-state index is 13.4. The van der Waals surface area contributed by atoms with Crippen molar-refractivity contribution in [2.75, 3.05) is 18.5 Å². The van der Waals surface area contributed by atoms with Crippen molar-refractivity contribution in [3.05, 3.63) is 78.1 Å². The number of amides is 3. The van der Waals surface area contributed by atoms with Crippen molar-refractivity contribution in [1.29, 1.82) is 0 Å². The smallest absolute Gasteiger partial charge is 0.302 e. The van der Waals surface area contributed by atoms with Gasteiger partial charge in [-0.3, -0.25) is 19.4 Å². The van der Waals surface area contributed by atoms with Crippen LogP contribution in [-0.4, -0.2) is 64.2 Å². The van der Waals surface area contributed by atoms with E-state index in [-0.39, 0.29) is 12.3 Å². The van der Waals surface area contributed by atoms with Crippen molar-refractivity contribution in [2.24, 2.45) is 4.99 Å². The molecule has 3 aliphatic rings. The van der Waals surface area contributed by atoms with Gasteiger partial charge in [-0.1, -0.05) is 48.5 Å². The van der Waals surface area contributed by atoms with Crippen LogP contribution in [0.15, 0.2) is 77.6 Å². The lowest BCUT2D eigenvalue weighted by molar-refractivity contribution is -0.136. The number of benzene rings is 2. The predicted molar refractivity (Wildman–Crippen MR) is 115 cm³/mol. The molecule has 3 heterocycles. The third-order valence-electron chi connectivity index (χ3n) is 5.80. The molecule has 1 saturated heterocycles. The topological polar surface area (TPSA) is 76.5 Å². The number of aliphatic imine (C=N–C) groups is 1. The fourth-order valence-electron chi connectivity index (χ4n) is 4.25. The molecule has 0 saturated carbocycles. The number of anilines is 1. The van der Waals surface area contributed by atoms with Crippen molar-refractivity contribution < 1.29 is 14.4 Å². The summed E-state index contributed by atoms with van der Waals surface area (Å²) in [6.07, 6.45) is 1.23. The number of Topliss-reactive ketones (excluding diaryl/α,β-unsaturated/α-hetero) is 1. The van der Waals surface area contributed by atoms with Crippen LogP contribution >= 0.6 is 0 Å². The van der Waals surface area contributed by atoms with Crippen molar-refractivity contribution in [3.8, 4) is 0 Å². The zero-order valence-electron chi connectivity index (χ0n) is 17.2. The number of guanidine groups is 1. The number of nitrogens with zero attached hydrogens (tertiary/aromatic N) is 5. The Morgan fingerprint density at radius 3 is 2.32 bits per heavy atom. The van der Waals surface area contributed by atoms with Gasteiger partial charge in [0, 0.05) is 30.2 Å². The van der Waals surface area contributed by atoms with E-state index in [0.717, 1.165) is 16.3 Å². The minimum absolute atomic E-state index is 0.285. The van der Waals surface area contributed by atoms with E-state index in [1.807, 2.05) is 54.4 Å². The molecule has 31 heavy (non-hydrogen) atoms. The zero-order valence-corrected chi connectivity index (χ0v) is 17.2. The van der Waals surface area contributed by atoms with E-state index < -0.39 is 24.1 Å². The second kappa shape index (κ2) is 7.09. The molecule has 156 valence electrons. The number of carbonyl (C=O) groups is 3. The van der Waals surface area contributed by atoms with Gasteiger partial charge in [-0.25, -0.2) is 9.79 Å². The molecule has 0 N–H and O–H groups in total. The highest BCUT2D eigenvalue weighted by atomic mass is 16.2. The molecule has 2 aromatic rings. The van der Waals surface area contributed by atoms with Gasteiger partial charge in [-0.05, 0) is 19.1 Å². The standard InChI is InChI=1S/C23H21N5O3/c1-15-13-26-19-20(24-22(26)28(15)17-11-7-4-8-12-17)25(2)23(31)27(21(19)30)14-18(29)16-9-5-3-6-10-16/h3-13,19-20H,14H2,1-2H3. The maximum absolute atomic E-state index is 13.4. The Morgan fingerprint density at radius 1 is 1.00 bits per heavy atom. The molecule has 5 rings (SSSR count). The van der Waals surface area contributed by atoms with Gasteiger partial charge in [-0.2, -0.15) is 0 Å². The van der Waals surface area contributed by atoms with Crippen LogP contribution < -0.4 is 4.90 Å². The van der Waals surface area contributed by atoms with Gasteiger partial charge in [0.05, 0.1) is 6.54 Å². The Labute approximate surface area is 179 Å². The number of imide groups is 1. The first-order valence-electron chi connectivity index (χ1n) is 10.0. The molecule has 0 bridgehead atoms. The van der Waals surface area contributed by atoms with Crippen LogP contribution in [0.25, 0.3) is 0 Å². The lowest BCUT2D eigenvalue weighted by Gasteiger charge is -2.39. The molecule has 0 aromatic heterocycles. The number of rotatable bonds is 4. The molecule has 3 aliphatic heterocycles. The second-order valence-corrected chi connectivity index (χ2v) is 7.74. The highest BCUT2D eigenvalue weighted by molar-refractivity contribution is 6.11. The molecule has 0 radical (unpaired) electrons. The van der Waals surface area contributed by atoms with E-state index >= 15 is 0 Å². The summed E-state index contributed by atoms with van der Waals surface area (Å²) in [5.74, 6) is -0.106. The highest BCUT2D eigenvalue weighted by Crippen LogP contribution is 2.36. The normalized spacial score (nSPS) is 22.4.